The van der Waals surface area contributed by atoms with E-state index in [-0.39, 0.29) is 22.3 Å². The smallest absolute Gasteiger partial charge is 0.167 e. The van der Waals surface area contributed by atoms with Crippen molar-refractivity contribution in [2.45, 2.75) is 105 Å². The number of para-hydroxylation sites is 1. The largest absolute Gasteiger partial charge is 0.353 e. The van der Waals surface area contributed by atoms with Gasteiger partial charge in [0, 0.05) is 50.6 Å². The third kappa shape index (κ3) is 6.02. The van der Waals surface area contributed by atoms with Crippen molar-refractivity contribution >= 4 is 56.7 Å². The highest BCUT2D eigenvalue weighted by Gasteiger charge is 2.60. The minimum Gasteiger partial charge on any atom is -0.353 e. The number of fused-ring (bicyclic) bond motifs is 13. The maximum atomic E-state index is 4.13. The highest BCUT2D eigenvalue weighted by molar-refractivity contribution is 6.61. The number of nitrogens with zero attached hydrogens (tertiary/aromatic N) is 1. The van der Waals surface area contributed by atoms with Crippen LogP contribution >= 0.6 is 0 Å². The molecule has 68 heavy (non-hydrogen) atoms. The van der Waals surface area contributed by atoms with Crippen molar-refractivity contribution in [3.8, 4) is 33.4 Å². The van der Waals surface area contributed by atoms with E-state index in [9.17, 15) is 0 Å². The van der Waals surface area contributed by atoms with E-state index in [2.05, 4.69) is 211 Å². The first-order valence-electron chi connectivity index (χ1n) is 26.0. The van der Waals surface area contributed by atoms with Gasteiger partial charge in [0.25, 0.3) is 0 Å². The maximum Gasteiger partial charge on any atom is 0.167 e. The monoisotopic (exact) mass is 885 g/mol. The number of hydrogen-bond donors (Lipinski definition) is 1. The molecule has 4 unspecified atom stereocenters. The number of H-pyrrole nitrogens is 1. The van der Waals surface area contributed by atoms with Crippen LogP contribution in [-0.4, -0.2) is 18.3 Å². The van der Waals surface area contributed by atoms with Crippen molar-refractivity contribution in [2.75, 3.05) is 4.90 Å². The van der Waals surface area contributed by atoms with Crippen molar-refractivity contribution in [3.05, 3.63) is 173 Å². The molecular weight excluding hydrogens is 820 g/mol. The van der Waals surface area contributed by atoms with E-state index in [4.69, 9.17) is 0 Å². The summed E-state index contributed by atoms with van der Waals surface area (Å²) < 4.78 is 0. The van der Waals surface area contributed by atoms with Gasteiger partial charge in [-0.25, -0.2) is 0 Å². The Morgan fingerprint density at radius 3 is 2.16 bits per heavy atom. The molecule has 3 heteroatoms. The van der Waals surface area contributed by atoms with Crippen LogP contribution in [0.5, 0.6) is 0 Å². The average molecular weight is 885 g/mol. The van der Waals surface area contributed by atoms with Gasteiger partial charge in [-0.1, -0.05) is 195 Å². The molecule has 0 amide bonds. The average Bonchev–Trinajstić information content (AvgIpc) is 3.99. The summed E-state index contributed by atoms with van der Waals surface area (Å²) in [7, 11) is 1.04. The first-order chi connectivity index (χ1) is 32.8. The first-order valence-corrected chi connectivity index (χ1v) is 26.0. The molecule has 8 aromatic rings. The summed E-state index contributed by atoms with van der Waals surface area (Å²) in [6, 6.07) is 51.8. The number of nitrogens with one attached hydrogen (secondary N) is 1. The zero-order valence-electron chi connectivity index (χ0n) is 41.4. The number of aromatic amines is 1. The van der Waals surface area contributed by atoms with Crippen LogP contribution in [0, 0.1) is 28.1 Å². The van der Waals surface area contributed by atoms with Gasteiger partial charge in [-0.2, -0.15) is 0 Å². The second kappa shape index (κ2) is 15.0. The third-order valence-corrected chi connectivity index (χ3v) is 18.5. The standard InChI is InChI=1S/C65H65BN2/c1-9-18-38(2)41-28-30-55(48(33-41)39-19-11-10-12-20-39)68-56-36-49-43-23-15-14-22-42(43)34-50(49)57(47-26-17-25-45-46-29-27-40-21-13-16-24-44(40)59(46)67-60(45)47)58(56)66-62-61(68)51-35-53-54(37-52(51)65(62,7)8)64(5,6)32-31-63(53,3)4/h10-17,19-30,33,35-38,51-52,61-62,66-67H,9,18,31-32,34H2,1-8H3/t38-,51?,52?,61?,62?/m0/s1. The summed E-state index contributed by atoms with van der Waals surface area (Å²) in [5.41, 5.74) is 22.9. The van der Waals surface area contributed by atoms with E-state index < -0.39 is 0 Å². The van der Waals surface area contributed by atoms with E-state index in [1.165, 1.54) is 125 Å². The number of allylic oxidation sites excluding steroid dienone is 3. The lowest BCUT2D eigenvalue weighted by Crippen LogP contribution is -2.50. The highest BCUT2D eigenvalue weighted by Crippen LogP contribution is 2.66. The Kier molecular flexibility index (Phi) is 9.26. The molecule has 0 radical (unpaired) electrons. The zero-order valence-corrected chi connectivity index (χ0v) is 41.4. The molecule has 1 N–H and O–H groups in total. The van der Waals surface area contributed by atoms with Crippen LogP contribution in [0.25, 0.3) is 66.0 Å². The summed E-state index contributed by atoms with van der Waals surface area (Å²) in [5, 5.41) is 5.15. The fourth-order valence-corrected chi connectivity index (χ4v) is 14.7. The van der Waals surface area contributed by atoms with Crippen LogP contribution in [-0.2, 0) is 6.42 Å². The molecule has 0 spiro atoms. The quantitative estimate of drug-likeness (QED) is 0.165. The normalized spacial score (nSPS) is 22.9. The summed E-state index contributed by atoms with van der Waals surface area (Å²) in [5.74, 6) is 1.67. The Morgan fingerprint density at radius 1 is 0.647 bits per heavy atom. The molecule has 1 aliphatic heterocycles. The van der Waals surface area contributed by atoms with Crippen molar-refractivity contribution in [1.82, 2.24) is 4.98 Å². The van der Waals surface area contributed by atoms with Gasteiger partial charge in [0.2, 0.25) is 0 Å². The van der Waals surface area contributed by atoms with Crippen LogP contribution < -0.4 is 10.4 Å². The van der Waals surface area contributed by atoms with E-state index in [0.29, 0.717) is 23.6 Å². The van der Waals surface area contributed by atoms with Gasteiger partial charge >= 0.3 is 0 Å². The molecule has 2 nitrogen and oxygen atoms in total. The van der Waals surface area contributed by atoms with Crippen LogP contribution in [0.4, 0.5) is 11.4 Å². The maximum absolute atomic E-state index is 4.13. The van der Waals surface area contributed by atoms with Gasteiger partial charge < -0.3 is 9.88 Å². The Hall–Kier alpha value is -6.06. The molecule has 338 valence electrons. The topological polar surface area (TPSA) is 19.0 Å². The zero-order chi connectivity index (χ0) is 46.4. The van der Waals surface area contributed by atoms with E-state index in [1.54, 1.807) is 11.1 Å². The molecule has 2 saturated carbocycles. The lowest BCUT2D eigenvalue weighted by atomic mass is 9.46. The van der Waals surface area contributed by atoms with E-state index in [0.717, 1.165) is 13.7 Å². The number of anilines is 2. The molecule has 7 aromatic carbocycles. The Labute approximate surface area is 404 Å². The van der Waals surface area contributed by atoms with E-state index in [1.807, 2.05) is 0 Å². The highest BCUT2D eigenvalue weighted by atomic mass is 15.2. The number of rotatable bonds is 6. The van der Waals surface area contributed by atoms with Gasteiger partial charge in [-0.3, -0.25) is 0 Å². The molecule has 4 aliphatic carbocycles. The fraction of sp³-hybridized carbons (Fsp3) is 0.323. The number of benzene rings is 7. The van der Waals surface area contributed by atoms with Crippen LogP contribution in [0.1, 0.15) is 104 Å². The lowest BCUT2D eigenvalue weighted by molar-refractivity contribution is 0.233. The third-order valence-electron chi connectivity index (χ3n) is 18.5. The Morgan fingerprint density at radius 2 is 1.35 bits per heavy atom. The summed E-state index contributed by atoms with van der Waals surface area (Å²) >= 11 is 0. The van der Waals surface area contributed by atoms with Crippen LogP contribution in [0.15, 0.2) is 157 Å². The van der Waals surface area contributed by atoms with Crippen molar-refractivity contribution < 1.29 is 0 Å². The number of aromatic nitrogens is 1. The summed E-state index contributed by atoms with van der Waals surface area (Å²) in [6.45, 7) is 20.1. The number of hydrogen-bond acceptors (Lipinski definition) is 1. The summed E-state index contributed by atoms with van der Waals surface area (Å²) in [4.78, 5) is 7.08. The van der Waals surface area contributed by atoms with Gasteiger partial charge in [-0.15, -0.1) is 0 Å². The molecule has 2 heterocycles. The Bertz CT molecular complexity index is 3450. The SMILES string of the molecule is CCC[C@H](C)c1ccc(N2c3cc4c(c(-c5cccc6c5[nH]c5c7ccccc7ccc65)c3BC3C2C2C=C5C(=CC2C3(C)C)C(C)(C)CCC5(C)C)Cc2ccccc2-4)c(-c2ccccc2)c1. The second-order valence-electron chi connectivity index (χ2n) is 23.5. The molecule has 5 atom stereocenters. The lowest BCUT2D eigenvalue weighted by Gasteiger charge is -2.49. The predicted octanol–water partition coefficient (Wildman–Crippen LogP) is 16.6. The molecule has 2 fully saturated rings. The molecule has 1 aromatic heterocycles. The Balaban J connectivity index is 1.13. The van der Waals surface area contributed by atoms with E-state index >= 15 is 0 Å². The molecule has 13 rings (SSSR count). The summed E-state index contributed by atoms with van der Waals surface area (Å²) in [6.07, 6.45) is 11.5. The molecule has 5 aliphatic rings. The predicted molar refractivity (Wildman–Crippen MR) is 292 cm³/mol. The van der Waals surface area contributed by atoms with Gasteiger partial charge in [0.15, 0.2) is 7.28 Å². The fourth-order valence-electron chi connectivity index (χ4n) is 14.7. The van der Waals surface area contributed by atoms with Crippen molar-refractivity contribution in [1.29, 1.82) is 0 Å². The molecular formula is C65H65BN2. The van der Waals surface area contributed by atoms with Crippen LogP contribution in [0.2, 0.25) is 5.82 Å². The first kappa shape index (κ1) is 42.1. The molecule has 0 bridgehead atoms. The minimum absolute atomic E-state index is 0.0335. The second-order valence-corrected chi connectivity index (χ2v) is 23.5. The van der Waals surface area contributed by atoms with Gasteiger partial charge in [0.05, 0.1) is 11.0 Å². The van der Waals surface area contributed by atoms with Gasteiger partial charge in [-0.05, 0) is 133 Å². The van der Waals surface area contributed by atoms with Gasteiger partial charge in [0.1, 0.15) is 0 Å². The molecule has 0 saturated heterocycles. The van der Waals surface area contributed by atoms with Crippen molar-refractivity contribution in [2.24, 2.45) is 28.1 Å². The minimum atomic E-state index is 0.0335. The van der Waals surface area contributed by atoms with Crippen LogP contribution in [0.3, 0.4) is 0 Å². The van der Waals surface area contributed by atoms with Crippen molar-refractivity contribution in [3.63, 3.8) is 0 Å².